The van der Waals surface area contributed by atoms with Gasteiger partial charge in [0.2, 0.25) is 0 Å². The summed E-state index contributed by atoms with van der Waals surface area (Å²) in [6, 6.07) is 10.7. The van der Waals surface area contributed by atoms with Crippen molar-refractivity contribution in [3.63, 3.8) is 0 Å². The maximum atomic E-state index is 14.2. The van der Waals surface area contributed by atoms with Crippen LogP contribution in [0.2, 0.25) is 0 Å². The summed E-state index contributed by atoms with van der Waals surface area (Å²) in [4.78, 5) is 0. The smallest absolute Gasteiger partial charge is 0.132 e. The Kier molecular flexibility index (Phi) is 6.66. The minimum Gasteiger partial charge on any atom is -0.497 e. The van der Waals surface area contributed by atoms with Crippen molar-refractivity contribution in [3.05, 3.63) is 65.2 Å². The number of ether oxygens (including phenoxy) is 1. The Bertz CT molecular complexity index is 734. The van der Waals surface area contributed by atoms with E-state index in [1.54, 1.807) is 32.7 Å². The van der Waals surface area contributed by atoms with E-state index < -0.39 is 29.3 Å². The standard InChI is InChI=1S/C20H24F2O3S/c1-19(2,13-26-11-14-4-7-16(25-3)8-5-14)20(24,12-23)17-9-6-15(21)10-18(17)22/h4-10,23-24H,11-13H2,1-3H3. The van der Waals surface area contributed by atoms with Crippen molar-refractivity contribution in [1.29, 1.82) is 0 Å². The van der Waals surface area contributed by atoms with E-state index >= 15 is 0 Å². The zero-order valence-electron chi connectivity index (χ0n) is 15.1. The highest BCUT2D eigenvalue weighted by atomic mass is 32.2. The van der Waals surface area contributed by atoms with Crippen LogP contribution in [0.4, 0.5) is 8.78 Å². The number of hydrogen-bond acceptors (Lipinski definition) is 4. The summed E-state index contributed by atoms with van der Waals surface area (Å²) in [5.74, 6) is 0.349. The first-order valence-electron chi connectivity index (χ1n) is 8.23. The van der Waals surface area contributed by atoms with E-state index in [9.17, 15) is 19.0 Å². The number of aliphatic hydroxyl groups excluding tert-OH is 1. The summed E-state index contributed by atoms with van der Waals surface area (Å²) in [5, 5.41) is 20.8. The number of thioether (sulfide) groups is 1. The molecule has 26 heavy (non-hydrogen) atoms. The Hall–Kier alpha value is -1.63. The van der Waals surface area contributed by atoms with Gasteiger partial charge >= 0.3 is 0 Å². The maximum Gasteiger partial charge on any atom is 0.132 e. The first-order valence-corrected chi connectivity index (χ1v) is 9.38. The molecule has 1 unspecified atom stereocenters. The molecule has 0 spiro atoms. The fourth-order valence-corrected chi connectivity index (χ4v) is 4.03. The second-order valence-electron chi connectivity index (χ2n) is 6.87. The second-order valence-corrected chi connectivity index (χ2v) is 7.85. The number of halogens is 2. The quantitative estimate of drug-likeness (QED) is 0.721. The van der Waals surface area contributed by atoms with Crippen molar-refractivity contribution in [3.8, 4) is 5.75 Å². The minimum atomic E-state index is -1.82. The van der Waals surface area contributed by atoms with Gasteiger partial charge in [-0.2, -0.15) is 11.8 Å². The molecule has 2 aromatic rings. The van der Waals surface area contributed by atoms with Crippen LogP contribution in [0.5, 0.6) is 5.75 Å². The highest BCUT2D eigenvalue weighted by molar-refractivity contribution is 7.98. The zero-order chi connectivity index (χ0) is 19.4. The molecule has 0 heterocycles. The van der Waals surface area contributed by atoms with Gasteiger partial charge in [-0.05, 0) is 23.8 Å². The van der Waals surface area contributed by atoms with E-state index in [1.807, 2.05) is 24.3 Å². The van der Waals surface area contributed by atoms with Crippen LogP contribution >= 0.6 is 11.8 Å². The third kappa shape index (κ3) is 4.37. The maximum absolute atomic E-state index is 14.2. The number of hydrogen-bond donors (Lipinski definition) is 2. The predicted molar refractivity (Wildman–Crippen MR) is 100 cm³/mol. The fourth-order valence-electron chi connectivity index (χ4n) is 2.75. The van der Waals surface area contributed by atoms with Crippen molar-refractivity contribution in [2.75, 3.05) is 19.5 Å². The van der Waals surface area contributed by atoms with Gasteiger partial charge in [0.05, 0.1) is 13.7 Å². The monoisotopic (exact) mass is 382 g/mol. The van der Waals surface area contributed by atoms with Crippen LogP contribution in [0.1, 0.15) is 25.0 Å². The highest BCUT2D eigenvalue weighted by Crippen LogP contribution is 2.43. The summed E-state index contributed by atoms with van der Waals surface area (Å²) >= 11 is 1.56. The molecule has 142 valence electrons. The molecule has 0 aliphatic carbocycles. The zero-order valence-corrected chi connectivity index (χ0v) is 15.9. The molecule has 3 nitrogen and oxygen atoms in total. The molecule has 2 N–H and O–H groups in total. The van der Waals surface area contributed by atoms with Crippen molar-refractivity contribution < 1.29 is 23.7 Å². The van der Waals surface area contributed by atoms with Gasteiger partial charge in [0.15, 0.2) is 0 Å². The summed E-state index contributed by atoms with van der Waals surface area (Å²) in [5.41, 5.74) is -1.68. The number of aliphatic hydroxyl groups is 2. The Morgan fingerprint density at radius 2 is 1.73 bits per heavy atom. The van der Waals surface area contributed by atoms with E-state index in [0.29, 0.717) is 11.5 Å². The molecule has 0 saturated carbocycles. The van der Waals surface area contributed by atoms with Crippen LogP contribution in [0.25, 0.3) is 0 Å². The normalized spacial score (nSPS) is 14.1. The lowest BCUT2D eigenvalue weighted by Gasteiger charge is -2.42. The Morgan fingerprint density at radius 1 is 1.08 bits per heavy atom. The van der Waals surface area contributed by atoms with Gasteiger partial charge in [-0.3, -0.25) is 0 Å². The van der Waals surface area contributed by atoms with Gasteiger partial charge < -0.3 is 14.9 Å². The average Bonchev–Trinajstić information content (AvgIpc) is 2.61. The molecule has 2 aromatic carbocycles. The molecular formula is C20H24F2O3S. The van der Waals surface area contributed by atoms with Crippen LogP contribution in [-0.2, 0) is 11.4 Å². The van der Waals surface area contributed by atoms with Crippen molar-refractivity contribution >= 4 is 11.8 Å². The van der Waals surface area contributed by atoms with Crippen molar-refractivity contribution in [2.45, 2.75) is 25.2 Å². The van der Waals surface area contributed by atoms with Gasteiger partial charge in [0, 0.05) is 28.6 Å². The number of benzene rings is 2. The highest BCUT2D eigenvalue weighted by Gasteiger charge is 2.46. The molecule has 0 radical (unpaired) electrons. The lowest BCUT2D eigenvalue weighted by molar-refractivity contribution is -0.101. The third-order valence-electron chi connectivity index (χ3n) is 4.62. The van der Waals surface area contributed by atoms with E-state index in [4.69, 9.17) is 4.74 Å². The van der Waals surface area contributed by atoms with Crippen LogP contribution in [-0.4, -0.2) is 29.7 Å². The van der Waals surface area contributed by atoms with E-state index in [-0.39, 0.29) is 5.56 Å². The van der Waals surface area contributed by atoms with Gasteiger partial charge in [0.25, 0.3) is 0 Å². The SMILES string of the molecule is COc1ccc(CSCC(C)(C)C(O)(CO)c2ccc(F)cc2F)cc1. The van der Waals surface area contributed by atoms with Crippen LogP contribution < -0.4 is 4.74 Å². The lowest BCUT2D eigenvalue weighted by atomic mass is 9.72. The summed E-state index contributed by atoms with van der Waals surface area (Å²) in [6.07, 6.45) is 0. The lowest BCUT2D eigenvalue weighted by Crippen LogP contribution is -2.47. The molecule has 0 aliphatic rings. The molecular weight excluding hydrogens is 358 g/mol. The minimum absolute atomic E-state index is 0.101. The topological polar surface area (TPSA) is 49.7 Å². The molecule has 0 fully saturated rings. The first-order chi connectivity index (χ1) is 12.2. The second kappa shape index (κ2) is 8.37. The summed E-state index contributed by atoms with van der Waals surface area (Å²) in [7, 11) is 1.61. The van der Waals surface area contributed by atoms with Gasteiger partial charge in [0.1, 0.15) is 23.0 Å². The van der Waals surface area contributed by atoms with Crippen molar-refractivity contribution in [1.82, 2.24) is 0 Å². The summed E-state index contributed by atoms with van der Waals surface area (Å²) in [6.45, 7) is 2.85. The van der Waals surface area contributed by atoms with E-state index in [2.05, 4.69) is 0 Å². The molecule has 0 saturated heterocycles. The average molecular weight is 382 g/mol. The molecule has 2 rings (SSSR count). The van der Waals surface area contributed by atoms with E-state index in [0.717, 1.165) is 23.4 Å². The Balaban J connectivity index is 2.12. The van der Waals surface area contributed by atoms with E-state index in [1.165, 1.54) is 6.07 Å². The molecule has 0 bridgehead atoms. The third-order valence-corrected chi connectivity index (χ3v) is 6.08. The number of rotatable bonds is 8. The molecule has 0 aromatic heterocycles. The number of methoxy groups -OCH3 is 1. The molecule has 0 aliphatic heterocycles. The largest absolute Gasteiger partial charge is 0.497 e. The van der Waals surface area contributed by atoms with Crippen LogP contribution in [0, 0.1) is 17.0 Å². The molecule has 1 atom stereocenters. The molecule has 0 amide bonds. The van der Waals surface area contributed by atoms with Gasteiger partial charge in [-0.1, -0.05) is 32.0 Å². The summed E-state index contributed by atoms with van der Waals surface area (Å²) < 4.78 is 32.5. The van der Waals surface area contributed by atoms with Crippen molar-refractivity contribution in [2.24, 2.45) is 5.41 Å². The Labute approximate surface area is 157 Å². The fraction of sp³-hybridized carbons (Fsp3) is 0.400. The predicted octanol–water partition coefficient (Wildman–Crippen LogP) is 4.11. The van der Waals surface area contributed by atoms with Gasteiger partial charge in [-0.15, -0.1) is 0 Å². The molecule has 6 heteroatoms. The Morgan fingerprint density at radius 3 is 2.27 bits per heavy atom. The van der Waals surface area contributed by atoms with Crippen LogP contribution in [0.15, 0.2) is 42.5 Å². The first kappa shape index (κ1) is 20.7. The van der Waals surface area contributed by atoms with Gasteiger partial charge in [-0.25, -0.2) is 8.78 Å². The van der Waals surface area contributed by atoms with Crippen LogP contribution in [0.3, 0.4) is 0 Å².